The molecule has 0 saturated carbocycles. The Hall–Kier alpha value is -1.36. The van der Waals surface area contributed by atoms with Crippen LogP contribution in [0.2, 0.25) is 5.02 Å². The zero-order chi connectivity index (χ0) is 15.6. The Morgan fingerprint density at radius 2 is 1.81 bits per heavy atom. The first kappa shape index (κ1) is 16.0. The zero-order valence-corrected chi connectivity index (χ0v) is 13.8. The number of nitrogens with one attached hydrogen (secondary N) is 1. The van der Waals surface area contributed by atoms with Gasteiger partial charge in [0.25, 0.3) is 0 Å². The third-order valence-electron chi connectivity index (χ3n) is 3.31. The molecular formula is C16H18ClNO2S. The van der Waals surface area contributed by atoms with E-state index in [0.717, 1.165) is 16.7 Å². The molecule has 0 saturated heterocycles. The van der Waals surface area contributed by atoms with Gasteiger partial charge in [0.2, 0.25) is 10.0 Å². The van der Waals surface area contributed by atoms with E-state index in [0.29, 0.717) is 9.92 Å². The van der Waals surface area contributed by atoms with E-state index < -0.39 is 10.0 Å². The van der Waals surface area contributed by atoms with Crippen LogP contribution < -0.4 is 4.72 Å². The molecule has 2 rings (SSSR count). The van der Waals surface area contributed by atoms with Crippen LogP contribution in [-0.4, -0.2) is 8.42 Å². The van der Waals surface area contributed by atoms with E-state index in [-0.39, 0.29) is 6.04 Å². The molecule has 21 heavy (non-hydrogen) atoms. The molecule has 2 aromatic rings. The van der Waals surface area contributed by atoms with Crippen molar-refractivity contribution in [1.82, 2.24) is 4.72 Å². The van der Waals surface area contributed by atoms with Gasteiger partial charge in [0.15, 0.2) is 0 Å². The standard InChI is InChI=1S/C16H18ClNO2S/c1-11-7-8-12(2)16(9-11)21(19,20)18-13(3)14-5-4-6-15(17)10-14/h4-10,13,18H,1-3H3. The Labute approximate surface area is 131 Å². The van der Waals surface area contributed by atoms with Crippen molar-refractivity contribution in [2.45, 2.75) is 31.7 Å². The molecule has 112 valence electrons. The third kappa shape index (κ3) is 3.84. The van der Waals surface area contributed by atoms with E-state index in [9.17, 15) is 8.42 Å². The molecule has 0 fully saturated rings. The average molecular weight is 324 g/mol. The van der Waals surface area contributed by atoms with Gasteiger partial charge in [-0.1, -0.05) is 35.9 Å². The maximum absolute atomic E-state index is 12.5. The Morgan fingerprint density at radius 3 is 2.48 bits per heavy atom. The molecule has 2 aromatic carbocycles. The number of rotatable bonds is 4. The van der Waals surface area contributed by atoms with E-state index in [2.05, 4.69) is 4.72 Å². The summed E-state index contributed by atoms with van der Waals surface area (Å²) >= 11 is 5.95. The number of benzene rings is 2. The van der Waals surface area contributed by atoms with Crippen LogP contribution in [-0.2, 0) is 10.0 Å². The molecule has 0 spiro atoms. The smallest absolute Gasteiger partial charge is 0.207 e. The second-order valence-corrected chi connectivity index (χ2v) is 7.29. The van der Waals surface area contributed by atoms with Crippen LogP contribution in [0.4, 0.5) is 0 Å². The van der Waals surface area contributed by atoms with Gasteiger partial charge in [-0.3, -0.25) is 0 Å². The van der Waals surface area contributed by atoms with Crippen molar-refractivity contribution in [1.29, 1.82) is 0 Å². The van der Waals surface area contributed by atoms with Crippen LogP contribution in [0.15, 0.2) is 47.4 Å². The summed E-state index contributed by atoms with van der Waals surface area (Å²) in [6.45, 7) is 5.46. The second kappa shape index (κ2) is 6.18. The molecule has 1 atom stereocenters. The Kier molecular flexibility index (Phi) is 4.71. The van der Waals surface area contributed by atoms with Crippen LogP contribution in [0.1, 0.15) is 29.7 Å². The molecule has 0 aliphatic carbocycles. The fraction of sp³-hybridized carbons (Fsp3) is 0.250. The molecule has 0 aliphatic rings. The van der Waals surface area contributed by atoms with Crippen molar-refractivity contribution in [3.63, 3.8) is 0 Å². The first-order valence-corrected chi connectivity index (χ1v) is 8.51. The van der Waals surface area contributed by atoms with Crippen LogP contribution >= 0.6 is 11.6 Å². The van der Waals surface area contributed by atoms with Crippen molar-refractivity contribution in [3.8, 4) is 0 Å². The van der Waals surface area contributed by atoms with E-state index in [1.165, 1.54) is 0 Å². The monoisotopic (exact) mass is 323 g/mol. The maximum Gasteiger partial charge on any atom is 0.241 e. The minimum absolute atomic E-state index is 0.316. The normalized spacial score (nSPS) is 13.1. The van der Waals surface area contributed by atoms with E-state index in [1.54, 1.807) is 38.1 Å². The highest BCUT2D eigenvalue weighted by Crippen LogP contribution is 2.22. The molecule has 0 heterocycles. The highest BCUT2D eigenvalue weighted by molar-refractivity contribution is 7.89. The molecule has 5 heteroatoms. The van der Waals surface area contributed by atoms with Crippen molar-refractivity contribution < 1.29 is 8.42 Å². The van der Waals surface area contributed by atoms with Crippen molar-refractivity contribution >= 4 is 21.6 Å². The Bertz CT molecular complexity index is 757. The van der Waals surface area contributed by atoms with Gasteiger partial charge in [0.1, 0.15) is 0 Å². The summed E-state index contributed by atoms with van der Waals surface area (Å²) < 4.78 is 27.8. The molecule has 0 radical (unpaired) electrons. The number of halogens is 1. The van der Waals surface area contributed by atoms with Crippen LogP contribution in [0.5, 0.6) is 0 Å². The van der Waals surface area contributed by atoms with Gasteiger partial charge in [-0.2, -0.15) is 0 Å². The number of hydrogen-bond acceptors (Lipinski definition) is 2. The molecule has 1 N–H and O–H groups in total. The lowest BCUT2D eigenvalue weighted by atomic mass is 10.1. The van der Waals surface area contributed by atoms with E-state index in [4.69, 9.17) is 11.6 Å². The van der Waals surface area contributed by atoms with Crippen molar-refractivity contribution in [2.24, 2.45) is 0 Å². The fourth-order valence-corrected chi connectivity index (χ4v) is 3.90. The summed E-state index contributed by atoms with van der Waals surface area (Å²) in [4.78, 5) is 0.316. The molecule has 0 bridgehead atoms. The van der Waals surface area contributed by atoms with E-state index >= 15 is 0 Å². The zero-order valence-electron chi connectivity index (χ0n) is 12.2. The molecule has 0 aromatic heterocycles. The lowest BCUT2D eigenvalue weighted by Gasteiger charge is -2.16. The molecular weight excluding hydrogens is 306 g/mol. The SMILES string of the molecule is Cc1ccc(C)c(S(=O)(=O)NC(C)c2cccc(Cl)c2)c1. The van der Waals surface area contributed by atoms with Gasteiger partial charge in [0, 0.05) is 11.1 Å². The van der Waals surface area contributed by atoms with Gasteiger partial charge < -0.3 is 0 Å². The minimum atomic E-state index is -3.57. The number of hydrogen-bond donors (Lipinski definition) is 1. The maximum atomic E-state index is 12.5. The Morgan fingerprint density at radius 1 is 1.10 bits per heavy atom. The highest BCUT2D eigenvalue weighted by atomic mass is 35.5. The molecule has 3 nitrogen and oxygen atoms in total. The lowest BCUT2D eigenvalue weighted by molar-refractivity contribution is 0.566. The van der Waals surface area contributed by atoms with Gasteiger partial charge in [-0.05, 0) is 55.7 Å². The summed E-state index contributed by atoms with van der Waals surface area (Å²) in [6, 6.07) is 12.2. The van der Waals surface area contributed by atoms with Crippen molar-refractivity contribution in [2.75, 3.05) is 0 Å². The predicted octanol–water partition coefficient (Wildman–Crippen LogP) is 4.00. The average Bonchev–Trinajstić information content (AvgIpc) is 2.41. The number of aryl methyl sites for hydroxylation is 2. The summed E-state index contributed by atoms with van der Waals surface area (Å²) in [7, 11) is -3.57. The molecule has 1 unspecified atom stereocenters. The summed E-state index contributed by atoms with van der Waals surface area (Å²) in [6.07, 6.45) is 0. The van der Waals surface area contributed by atoms with Gasteiger partial charge in [-0.25, -0.2) is 13.1 Å². The minimum Gasteiger partial charge on any atom is -0.207 e. The first-order valence-electron chi connectivity index (χ1n) is 6.64. The highest BCUT2D eigenvalue weighted by Gasteiger charge is 2.20. The molecule has 0 amide bonds. The summed E-state index contributed by atoms with van der Waals surface area (Å²) in [5.41, 5.74) is 2.47. The fourth-order valence-electron chi connectivity index (χ4n) is 2.14. The third-order valence-corrected chi connectivity index (χ3v) is 5.23. The second-order valence-electron chi connectivity index (χ2n) is 5.17. The van der Waals surface area contributed by atoms with Crippen LogP contribution in [0.25, 0.3) is 0 Å². The Balaban J connectivity index is 2.31. The predicted molar refractivity (Wildman–Crippen MR) is 86.1 cm³/mol. The van der Waals surface area contributed by atoms with Crippen LogP contribution in [0, 0.1) is 13.8 Å². The van der Waals surface area contributed by atoms with Gasteiger partial charge in [-0.15, -0.1) is 0 Å². The summed E-state index contributed by atoms with van der Waals surface area (Å²) in [5, 5.41) is 0.588. The first-order chi connectivity index (χ1) is 9.79. The van der Waals surface area contributed by atoms with Gasteiger partial charge in [0.05, 0.1) is 4.90 Å². The summed E-state index contributed by atoms with van der Waals surface area (Å²) in [5.74, 6) is 0. The topological polar surface area (TPSA) is 46.2 Å². The number of sulfonamides is 1. The largest absolute Gasteiger partial charge is 0.241 e. The van der Waals surface area contributed by atoms with E-state index in [1.807, 2.05) is 25.1 Å². The van der Waals surface area contributed by atoms with Crippen molar-refractivity contribution in [3.05, 3.63) is 64.2 Å². The lowest BCUT2D eigenvalue weighted by Crippen LogP contribution is -2.27. The molecule has 0 aliphatic heterocycles. The van der Waals surface area contributed by atoms with Gasteiger partial charge >= 0.3 is 0 Å². The van der Waals surface area contributed by atoms with Crippen LogP contribution in [0.3, 0.4) is 0 Å². The quantitative estimate of drug-likeness (QED) is 0.924.